The zero-order valence-corrected chi connectivity index (χ0v) is 9.96. The van der Waals surface area contributed by atoms with E-state index in [0.717, 1.165) is 11.1 Å². The lowest BCUT2D eigenvalue weighted by Gasteiger charge is -2.11. The summed E-state index contributed by atoms with van der Waals surface area (Å²) in [5.74, 6) is 0. The van der Waals surface area contributed by atoms with Gasteiger partial charge in [0, 0.05) is 35.9 Å². The number of aromatic nitrogens is 1. The van der Waals surface area contributed by atoms with Gasteiger partial charge in [0.15, 0.2) is 0 Å². The number of anilines is 1. The Hall–Kier alpha value is -2.21. The van der Waals surface area contributed by atoms with Crippen LogP contribution in [0.3, 0.4) is 0 Å². The molecule has 0 saturated heterocycles. The van der Waals surface area contributed by atoms with Crippen LogP contribution in [0.2, 0.25) is 0 Å². The van der Waals surface area contributed by atoms with Gasteiger partial charge in [-0.15, -0.1) is 0 Å². The molecule has 0 aliphatic rings. The van der Waals surface area contributed by atoms with Crippen LogP contribution in [0, 0.1) is 10.1 Å². The van der Waals surface area contributed by atoms with Crippen LogP contribution in [0.1, 0.15) is 6.92 Å². The van der Waals surface area contributed by atoms with Crippen molar-refractivity contribution in [1.29, 1.82) is 0 Å². The Labute approximate surface area is 104 Å². The number of non-ortho nitro benzene ring substituents is 1. The Bertz CT molecular complexity index is 583. The molecule has 0 bridgehead atoms. The van der Waals surface area contributed by atoms with Crippen LogP contribution in [0.25, 0.3) is 10.9 Å². The van der Waals surface area contributed by atoms with E-state index < -0.39 is 4.92 Å². The van der Waals surface area contributed by atoms with Gasteiger partial charge in [-0.05, 0) is 25.1 Å². The number of benzene rings is 1. The summed E-state index contributed by atoms with van der Waals surface area (Å²) in [6.45, 7) is 2.49. The van der Waals surface area contributed by atoms with Crippen molar-refractivity contribution in [3.8, 4) is 0 Å². The van der Waals surface area contributed by atoms with Crippen LogP contribution >= 0.6 is 0 Å². The average molecular weight is 246 g/mol. The molecule has 3 N–H and O–H groups in total. The number of nitrogens with two attached hydrogens (primary N) is 1. The van der Waals surface area contributed by atoms with Gasteiger partial charge in [-0.2, -0.15) is 0 Å². The van der Waals surface area contributed by atoms with Crippen molar-refractivity contribution in [3.05, 3.63) is 40.6 Å². The molecule has 1 heterocycles. The molecular weight excluding hydrogens is 232 g/mol. The summed E-state index contributed by atoms with van der Waals surface area (Å²) in [5, 5.41) is 14.8. The highest BCUT2D eigenvalue weighted by atomic mass is 16.6. The second-order valence-electron chi connectivity index (χ2n) is 4.15. The minimum atomic E-state index is -0.426. The summed E-state index contributed by atoms with van der Waals surface area (Å²) in [6.07, 6.45) is 1.55. The van der Waals surface area contributed by atoms with Gasteiger partial charge in [0.05, 0.1) is 4.92 Å². The Morgan fingerprint density at radius 1 is 1.50 bits per heavy atom. The van der Waals surface area contributed by atoms with Gasteiger partial charge in [-0.1, -0.05) is 0 Å². The first-order valence-corrected chi connectivity index (χ1v) is 5.61. The summed E-state index contributed by atoms with van der Waals surface area (Å²) >= 11 is 0. The second-order valence-corrected chi connectivity index (χ2v) is 4.15. The maximum Gasteiger partial charge on any atom is 0.295 e. The summed E-state index contributed by atoms with van der Waals surface area (Å²) in [4.78, 5) is 14.6. The predicted molar refractivity (Wildman–Crippen MR) is 70.5 cm³/mol. The number of hydrogen-bond donors (Lipinski definition) is 2. The van der Waals surface area contributed by atoms with Crippen LogP contribution < -0.4 is 11.1 Å². The number of nitro benzene ring substituents is 1. The number of fused-ring (bicyclic) bond motifs is 1. The van der Waals surface area contributed by atoms with E-state index in [1.165, 1.54) is 6.07 Å². The number of pyridine rings is 1. The molecule has 6 heteroatoms. The number of nitrogens with zero attached hydrogens (tertiary/aromatic N) is 2. The van der Waals surface area contributed by atoms with E-state index in [0.29, 0.717) is 12.1 Å². The van der Waals surface area contributed by atoms with E-state index in [9.17, 15) is 10.1 Å². The summed E-state index contributed by atoms with van der Waals surface area (Å²) in [5.41, 5.74) is 6.88. The third kappa shape index (κ3) is 2.38. The maximum atomic E-state index is 10.9. The first-order valence-electron chi connectivity index (χ1n) is 5.61. The Morgan fingerprint density at radius 3 is 2.94 bits per heavy atom. The van der Waals surface area contributed by atoms with Crippen molar-refractivity contribution in [1.82, 2.24) is 4.98 Å². The second kappa shape index (κ2) is 4.97. The molecule has 0 amide bonds. The van der Waals surface area contributed by atoms with E-state index in [4.69, 9.17) is 5.73 Å². The van der Waals surface area contributed by atoms with Crippen molar-refractivity contribution in [2.45, 2.75) is 13.0 Å². The van der Waals surface area contributed by atoms with Crippen LogP contribution in [0.5, 0.6) is 0 Å². The molecule has 0 saturated carbocycles. The van der Waals surface area contributed by atoms with Crippen molar-refractivity contribution in [2.24, 2.45) is 5.73 Å². The molecule has 2 rings (SSSR count). The molecule has 0 aliphatic heterocycles. The molecule has 94 valence electrons. The van der Waals surface area contributed by atoms with Gasteiger partial charge in [-0.25, -0.2) is 4.98 Å². The zero-order chi connectivity index (χ0) is 13.1. The van der Waals surface area contributed by atoms with Crippen LogP contribution in [-0.2, 0) is 0 Å². The highest BCUT2D eigenvalue weighted by Gasteiger charge is 2.15. The fraction of sp³-hybridized carbons (Fsp3) is 0.250. The van der Waals surface area contributed by atoms with Crippen LogP contribution in [0.4, 0.5) is 11.4 Å². The van der Waals surface area contributed by atoms with Gasteiger partial charge in [0.25, 0.3) is 5.69 Å². The topological polar surface area (TPSA) is 94.1 Å². The van der Waals surface area contributed by atoms with Gasteiger partial charge >= 0.3 is 0 Å². The molecule has 0 radical (unpaired) electrons. The van der Waals surface area contributed by atoms with Gasteiger partial charge in [0.1, 0.15) is 5.52 Å². The summed E-state index contributed by atoms with van der Waals surface area (Å²) < 4.78 is 0. The smallest absolute Gasteiger partial charge is 0.295 e. The van der Waals surface area contributed by atoms with Crippen molar-refractivity contribution >= 4 is 22.3 Å². The number of nitrogens with one attached hydrogen (secondary N) is 1. The summed E-state index contributed by atoms with van der Waals surface area (Å²) in [6, 6.07) is 6.71. The molecule has 6 nitrogen and oxygen atoms in total. The van der Waals surface area contributed by atoms with Crippen molar-refractivity contribution in [3.63, 3.8) is 0 Å². The van der Waals surface area contributed by atoms with Gasteiger partial charge in [-0.3, -0.25) is 10.1 Å². The molecule has 0 spiro atoms. The standard InChI is InChI=1S/C12H14N4O2/c1-8(13)7-15-10-4-5-11(16(17)18)12-9(10)3-2-6-14-12/h2-6,8,15H,7,13H2,1H3. The van der Waals surface area contributed by atoms with E-state index in [1.54, 1.807) is 24.4 Å². The minimum Gasteiger partial charge on any atom is -0.383 e. The Kier molecular flexibility index (Phi) is 3.38. The zero-order valence-electron chi connectivity index (χ0n) is 9.96. The molecule has 1 aromatic carbocycles. The fourth-order valence-corrected chi connectivity index (χ4v) is 1.73. The first kappa shape index (κ1) is 12.3. The predicted octanol–water partition coefficient (Wildman–Crippen LogP) is 1.90. The molecule has 2 aromatic rings. The molecule has 1 atom stereocenters. The Balaban J connectivity index is 2.50. The van der Waals surface area contributed by atoms with E-state index >= 15 is 0 Å². The monoisotopic (exact) mass is 246 g/mol. The first-order chi connectivity index (χ1) is 8.59. The maximum absolute atomic E-state index is 10.9. The fourth-order valence-electron chi connectivity index (χ4n) is 1.73. The van der Waals surface area contributed by atoms with Crippen LogP contribution in [0.15, 0.2) is 30.5 Å². The molecule has 1 aromatic heterocycles. The van der Waals surface area contributed by atoms with Gasteiger partial charge < -0.3 is 11.1 Å². The van der Waals surface area contributed by atoms with Crippen molar-refractivity contribution in [2.75, 3.05) is 11.9 Å². The lowest BCUT2D eigenvalue weighted by atomic mass is 10.1. The minimum absolute atomic E-state index is 0.00640. The highest BCUT2D eigenvalue weighted by Crippen LogP contribution is 2.29. The van der Waals surface area contributed by atoms with Crippen LogP contribution in [-0.4, -0.2) is 22.5 Å². The molecule has 0 fully saturated rings. The quantitative estimate of drug-likeness (QED) is 0.634. The number of rotatable bonds is 4. The third-order valence-electron chi connectivity index (χ3n) is 2.56. The molecular formula is C12H14N4O2. The van der Waals surface area contributed by atoms with E-state index in [2.05, 4.69) is 10.3 Å². The summed E-state index contributed by atoms with van der Waals surface area (Å²) in [7, 11) is 0. The molecule has 0 aliphatic carbocycles. The normalized spacial score (nSPS) is 12.3. The lowest BCUT2D eigenvalue weighted by Crippen LogP contribution is -2.25. The lowest BCUT2D eigenvalue weighted by molar-refractivity contribution is -0.383. The number of hydrogen-bond acceptors (Lipinski definition) is 5. The van der Waals surface area contributed by atoms with E-state index in [1.807, 2.05) is 6.92 Å². The number of nitro groups is 1. The van der Waals surface area contributed by atoms with E-state index in [-0.39, 0.29) is 11.7 Å². The SMILES string of the molecule is CC(N)CNc1ccc([N+](=O)[O-])c2ncccc12. The van der Waals surface area contributed by atoms with Crippen molar-refractivity contribution < 1.29 is 4.92 Å². The molecule has 18 heavy (non-hydrogen) atoms. The molecule has 1 unspecified atom stereocenters. The average Bonchev–Trinajstić information content (AvgIpc) is 2.35. The largest absolute Gasteiger partial charge is 0.383 e. The van der Waals surface area contributed by atoms with Gasteiger partial charge in [0.2, 0.25) is 0 Å². The third-order valence-corrected chi connectivity index (χ3v) is 2.56. The Morgan fingerprint density at radius 2 is 2.28 bits per heavy atom. The highest BCUT2D eigenvalue weighted by molar-refractivity contribution is 5.96.